The fourth-order valence-corrected chi connectivity index (χ4v) is 3.49. The lowest BCUT2D eigenvalue weighted by atomic mass is 10.1. The van der Waals surface area contributed by atoms with E-state index in [4.69, 9.17) is 22.1 Å². The van der Waals surface area contributed by atoms with Gasteiger partial charge in [-0.15, -0.1) is 0 Å². The van der Waals surface area contributed by atoms with Crippen LogP contribution in [0.15, 0.2) is 41.3 Å². The molecule has 1 amide bonds. The second-order valence-corrected chi connectivity index (χ2v) is 6.83. The van der Waals surface area contributed by atoms with Crippen molar-refractivity contribution in [2.24, 2.45) is 0 Å². The van der Waals surface area contributed by atoms with Gasteiger partial charge in [-0.05, 0) is 23.8 Å². The van der Waals surface area contributed by atoms with Gasteiger partial charge < -0.3 is 14.9 Å². The minimum Gasteiger partial charge on any atom is -0.497 e. The number of allylic oxidation sites excluding steroid dienone is 2. The second kappa shape index (κ2) is 8.63. The molecule has 9 heteroatoms. The SMILES string of the molecule is COc1ccc(C=CC=C2SC(=S)N(C(CC(=O)O)C(=O)O)C2=O)cc1. The largest absolute Gasteiger partial charge is 0.497 e. The molecule has 0 radical (unpaired) electrons. The molecule has 1 aromatic carbocycles. The van der Waals surface area contributed by atoms with Gasteiger partial charge in [0.25, 0.3) is 5.91 Å². The van der Waals surface area contributed by atoms with Crippen molar-refractivity contribution < 1.29 is 29.3 Å². The molecule has 0 aliphatic carbocycles. The molecule has 0 aromatic heterocycles. The number of carboxylic acid groups (broad SMARTS) is 2. The summed E-state index contributed by atoms with van der Waals surface area (Å²) in [6.45, 7) is 0. The molecule has 2 N–H and O–H groups in total. The predicted molar refractivity (Wildman–Crippen MR) is 101 cm³/mol. The zero-order valence-corrected chi connectivity index (χ0v) is 15.3. The van der Waals surface area contributed by atoms with Crippen LogP contribution in [0.4, 0.5) is 0 Å². The van der Waals surface area contributed by atoms with Crippen molar-refractivity contribution >= 4 is 52.2 Å². The van der Waals surface area contributed by atoms with E-state index in [0.717, 1.165) is 28.0 Å². The molecule has 1 heterocycles. The van der Waals surface area contributed by atoms with E-state index in [-0.39, 0.29) is 9.23 Å². The van der Waals surface area contributed by atoms with Crippen LogP contribution in [0.25, 0.3) is 6.08 Å². The van der Waals surface area contributed by atoms with Crippen molar-refractivity contribution in [3.63, 3.8) is 0 Å². The molecule has 7 nitrogen and oxygen atoms in total. The van der Waals surface area contributed by atoms with Crippen molar-refractivity contribution in [1.82, 2.24) is 4.90 Å². The quantitative estimate of drug-likeness (QED) is 0.537. The van der Waals surface area contributed by atoms with Gasteiger partial charge in [-0.2, -0.15) is 0 Å². The third-order valence-corrected chi connectivity index (χ3v) is 4.79. The number of benzene rings is 1. The molecule has 0 saturated carbocycles. The van der Waals surface area contributed by atoms with E-state index in [9.17, 15) is 19.5 Å². The maximum absolute atomic E-state index is 12.4. The predicted octanol–water partition coefficient (Wildman–Crippen LogP) is 2.38. The molecule has 26 heavy (non-hydrogen) atoms. The first-order valence-electron chi connectivity index (χ1n) is 7.36. The number of thioether (sulfide) groups is 1. The summed E-state index contributed by atoms with van der Waals surface area (Å²) in [5.74, 6) is -2.64. The Labute approximate surface area is 158 Å². The number of methoxy groups -OCH3 is 1. The summed E-state index contributed by atoms with van der Waals surface area (Å²) in [6, 6.07) is 5.73. The molecule has 1 unspecified atom stereocenters. The summed E-state index contributed by atoms with van der Waals surface area (Å²) in [5, 5.41) is 18.1. The molecule has 1 fully saturated rings. The molecule has 1 saturated heterocycles. The number of ether oxygens (including phenoxy) is 1. The van der Waals surface area contributed by atoms with Crippen LogP contribution >= 0.6 is 24.0 Å². The number of hydrogen-bond acceptors (Lipinski definition) is 6. The van der Waals surface area contributed by atoms with Crippen molar-refractivity contribution in [2.75, 3.05) is 7.11 Å². The lowest BCUT2D eigenvalue weighted by molar-refractivity contribution is -0.150. The number of thiocarbonyl (C=S) groups is 1. The molecule has 0 bridgehead atoms. The summed E-state index contributed by atoms with van der Waals surface area (Å²) >= 11 is 5.98. The molecule has 0 spiro atoms. The highest BCUT2D eigenvalue weighted by molar-refractivity contribution is 8.26. The Kier molecular flexibility index (Phi) is 6.53. The highest BCUT2D eigenvalue weighted by atomic mass is 32.2. The average Bonchev–Trinajstić information content (AvgIpc) is 2.87. The van der Waals surface area contributed by atoms with Crippen LogP contribution in [-0.4, -0.2) is 50.4 Å². The number of nitrogens with zero attached hydrogens (tertiary/aromatic N) is 1. The standard InChI is InChI=1S/C17H15NO6S2/c1-24-11-7-5-10(6-8-11)3-2-4-13-15(21)18(17(25)26-13)12(16(22)23)9-14(19)20/h2-8,12H,9H2,1H3,(H,19,20)(H,22,23). The Balaban J connectivity index is 2.15. The summed E-state index contributed by atoms with van der Waals surface area (Å²) < 4.78 is 5.09. The topological polar surface area (TPSA) is 104 Å². The smallest absolute Gasteiger partial charge is 0.327 e. The molecule has 2 rings (SSSR count). The first kappa shape index (κ1) is 19.7. The van der Waals surface area contributed by atoms with Gasteiger partial charge in [-0.1, -0.05) is 48.3 Å². The first-order valence-corrected chi connectivity index (χ1v) is 8.58. The molecular formula is C17H15NO6S2. The summed E-state index contributed by atoms with van der Waals surface area (Å²) in [7, 11) is 1.57. The van der Waals surface area contributed by atoms with E-state index in [0.29, 0.717) is 0 Å². The molecule has 1 aliphatic heterocycles. The Morgan fingerprint density at radius 3 is 2.50 bits per heavy atom. The minimum absolute atomic E-state index is 0.0211. The average molecular weight is 393 g/mol. The molecule has 1 aliphatic rings. The second-order valence-electron chi connectivity index (χ2n) is 5.16. The maximum atomic E-state index is 12.4. The van der Waals surface area contributed by atoms with E-state index in [2.05, 4.69) is 0 Å². The number of carboxylic acids is 2. The van der Waals surface area contributed by atoms with Gasteiger partial charge in [0.05, 0.1) is 18.4 Å². The first-order chi connectivity index (χ1) is 12.3. The van der Waals surface area contributed by atoms with Crippen LogP contribution in [0, 0.1) is 0 Å². The lowest BCUT2D eigenvalue weighted by Gasteiger charge is -2.21. The van der Waals surface area contributed by atoms with E-state index in [1.54, 1.807) is 31.4 Å². The van der Waals surface area contributed by atoms with Gasteiger partial charge in [0, 0.05) is 0 Å². The third kappa shape index (κ3) is 4.70. The van der Waals surface area contributed by atoms with Crippen LogP contribution in [0.2, 0.25) is 0 Å². The molecule has 1 aromatic rings. The van der Waals surface area contributed by atoms with Gasteiger partial charge in [0.2, 0.25) is 0 Å². The van der Waals surface area contributed by atoms with Gasteiger partial charge in [-0.3, -0.25) is 14.5 Å². The number of hydrogen-bond donors (Lipinski definition) is 2. The highest BCUT2D eigenvalue weighted by Gasteiger charge is 2.41. The summed E-state index contributed by atoms with van der Waals surface area (Å²) in [5.41, 5.74) is 0.881. The Morgan fingerprint density at radius 2 is 1.96 bits per heavy atom. The Bertz CT molecular complexity index is 800. The maximum Gasteiger partial charge on any atom is 0.327 e. The van der Waals surface area contributed by atoms with Crippen LogP contribution < -0.4 is 4.74 Å². The van der Waals surface area contributed by atoms with E-state index in [1.165, 1.54) is 6.08 Å². The molecular weight excluding hydrogens is 378 g/mol. The van der Waals surface area contributed by atoms with E-state index < -0.39 is 30.3 Å². The Hall–Kier alpha value is -2.65. The van der Waals surface area contributed by atoms with Gasteiger partial charge in [0.15, 0.2) is 0 Å². The van der Waals surface area contributed by atoms with Gasteiger partial charge >= 0.3 is 11.9 Å². The summed E-state index contributed by atoms with van der Waals surface area (Å²) in [4.78, 5) is 35.6. The van der Waals surface area contributed by atoms with Gasteiger partial charge in [-0.25, -0.2) is 4.79 Å². The Morgan fingerprint density at radius 1 is 1.31 bits per heavy atom. The third-order valence-electron chi connectivity index (χ3n) is 3.44. The molecule has 136 valence electrons. The van der Waals surface area contributed by atoms with E-state index >= 15 is 0 Å². The van der Waals surface area contributed by atoms with Gasteiger partial charge in [0.1, 0.15) is 16.1 Å². The van der Waals surface area contributed by atoms with Crippen LogP contribution in [0.3, 0.4) is 0 Å². The normalized spacial score (nSPS) is 17.1. The van der Waals surface area contributed by atoms with Crippen LogP contribution in [0.5, 0.6) is 5.75 Å². The van der Waals surface area contributed by atoms with Crippen molar-refractivity contribution in [3.8, 4) is 5.75 Å². The van der Waals surface area contributed by atoms with Crippen LogP contribution in [0.1, 0.15) is 12.0 Å². The lowest BCUT2D eigenvalue weighted by Crippen LogP contribution is -2.45. The highest BCUT2D eigenvalue weighted by Crippen LogP contribution is 2.33. The number of carbonyl (C=O) groups excluding carboxylic acids is 1. The van der Waals surface area contributed by atoms with Crippen LogP contribution in [-0.2, 0) is 14.4 Å². The summed E-state index contributed by atoms with van der Waals surface area (Å²) in [6.07, 6.45) is 4.19. The zero-order chi connectivity index (χ0) is 19.3. The number of carbonyl (C=O) groups is 3. The van der Waals surface area contributed by atoms with E-state index in [1.807, 2.05) is 12.1 Å². The van der Waals surface area contributed by atoms with Crippen molar-refractivity contribution in [2.45, 2.75) is 12.5 Å². The van der Waals surface area contributed by atoms with Crippen molar-refractivity contribution in [3.05, 3.63) is 46.9 Å². The fraction of sp³-hybridized carbons (Fsp3) is 0.176. The number of rotatable bonds is 7. The fourth-order valence-electron chi connectivity index (χ4n) is 2.18. The van der Waals surface area contributed by atoms with Crippen molar-refractivity contribution in [1.29, 1.82) is 0 Å². The number of amides is 1. The monoisotopic (exact) mass is 393 g/mol. The zero-order valence-electron chi connectivity index (χ0n) is 13.6. The minimum atomic E-state index is -1.53. The number of aliphatic carboxylic acids is 2. The molecule has 1 atom stereocenters.